The molecule has 0 unspecified atom stereocenters. The summed E-state index contributed by atoms with van der Waals surface area (Å²) in [6.45, 7) is 6.95. The smallest absolute Gasteiger partial charge is 0.227 e. The number of rotatable bonds is 6. The van der Waals surface area contributed by atoms with E-state index in [1.165, 1.54) is 0 Å². The van der Waals surface area contributed by atoms with Crippen LogP contribution >= 0.6 is 0 Å². The number of hydrogen-bond acceptors (Lipinski definition) is 4. The van der Waals surface area contributed by atoms with Gasteiger partial charge in [-0.25, -0.2) is 9.97 Å². The van der Waals surface area contributed by atoms with Crippen LogP contribution in [0, 0.1) is 25.7 Å². The topological polar surface area (TPSA) is 72.1 Å². The van der Waals surface area contributed by atoms with Gasteiger partial charge in [-0.1, -0.05) is 43.4 Å². The van der Waals surface area contributed by atoms with E-state index in [2.05, 4.69) is 28.7 Å². The molecule has 5 heteroatoms. The lowest BCUT2D eigenvalue weighted by Gasteiger charge is -2.21. The van der Waals surface area contributed by atoms with Crippen molar-refractivity contribution in [3.05, 3.63) is 52.8 Å². The van der Waals surface area contributed by atoms with Crippen LogP contribution in [0.25, 0.3) is 0 Å². The molecule has 2 rings (SSSR count). The van der Waals surface area contributed by atoms with E-state index in [4.69, 9.17) is 5.73 Å². The molecule has 0 spiro atoms. The van der Waals surface area contributed by atoms with Gasteiger partial charge in [0.15, 0.2) is 0 Å². The molecule has 2 N–H and O–H groups in total. The second-order valence-electron chi connectivity index (χ2n) is 6.24. The fourth-order valence-electron chi connectivity index (χ4n) is 2.68. The van der Waals surface area contributed by atoms with Crippen LogP contribution in [0.2, 0.25) is 0 Å². The van der Waals surface area contributed by atoms with Crippen LogP contribution in [0.5, 0.6) is 0 Å². The second-order valence-corrected chi connectivity index (χ2v) is 6.24. The lowest BCUT2D eigenvalue weighted by Crippen LogP contribution is -2.34. The predicted molar refractivity (Wildman–Crippen MR) is 104 cm³/mol. The molecule has 0 atom stereocenters. The molecule has 0 fully saturated rings. The normalized spacial score (nSPS) is 10.1. The molecule has 26 heavy (non-hydrogen) atoms. The number of carbonyl (C=O) groups is 1. The highest BCUT2D eigenvalue weighted by atomic mass is 16.2. The van der Waals surface area contributed by atoms with Gasteiger partial charge in [-0.2, -0.15) is 0 Å². The second kappa shape index (κ2) is 9.57. The van der Waals surface area contributed by atoms with E-state index < -0.39 is 0 Å². The third kappa shape index (κ3) is 5.59. The fourth-order valence-corrected chi connectivity index (χ4v) is 2.68. The first-order valence-corrected chi connectivity index (χ1v) is 8.92. The molecule has 2 aromatic rings. The lowest BCUT2D eigenvalue weighted by atomic mass is 10.1. The van der Waals surface area contributed by atoms with Gasteiger partial charge in [0, 0.05) is 29.1 Å². The number of nitrogens with two attached hydrogens (primary N) is 1. The molecule has 0 aliphatic heterocycles. The van der Waals surface area contributed by atoms with Crippen LogP contribution in [0.3, 0.4) is 0 Å². The summed E-state index contributed by atoms with van der Waals surface area (Å²) in [6, 6.07) is 9.79. The van der Waals surface area contributed by atoms with Crippen molar-refractivity contribution in [1.82, 2.24) is 14.9 Å². The average Bonchev–Trinajstić information content (AvgIpc) is 2.61. The summed E-state index contributed by atoms with van der Waals surface area (Å²) in [5.41, 5.74) is 8.99. The summed E-state index contributed by atoms with van der Waals surface area (Å²) >= 11 is 0. The number of hydrogen-bond donors (Lipinski definition) is 1. The molecular formula is C21H26N4O. The molecule has 136 valence electrons. The molecule has 0 aliphatic carbocycles. The average molecular weight is 350 g/mol. The Balaban J connectivity index is 2.11. The highest BCUT2D eigenvalue weighted by Gasteiger charge is 2.17. The first kappa shape index (κ1) is 19.5. The van der Waals surface area contributed by atoms with Crippen LogP contribution in [0.4, 0.5) is 5.95 Å². The summed E-state index contributed by atoms with van der Waals surface area (Å²) < 4.78 is 0. The Kier molecular flexibility index (Phi) is 7.16. The molecule has 1 amide bonds. The van der Waals surface area contributed by atoms with Crippen molar-refractivity contribution in [2.45, 2.75) is 40.0 Å². The Labute approximate surface area is 155 Å². The van der Waals surface area contributed by atoms with Gasteiger partial charge in [-0.15, -0.1) is 0 Å². The number of aromatic nitrogens is 2. The SMILES string of the molecule is CCCCN(CC#Cc1ccccc1)C(=O)Cc1c(C)nc(N)nc1C. The maximum absolute atomic E-state index is 12.8. The van der Waals surface area contributed by atoms with Crippen LogP contribution in [-0.2, 0) is 11.2 Å². The first-order chi connectivity index (χ1) is 12.5. The molecule has 0 aliphatic rings. The Morgan fingerprint density at radius 1 is 1.15 bits per heavy atom. The van der Waals surface area contributed by atoms with Crippen LogP contribution in [0.15, 0.2) is 30.3 Å². The van der Waals surface area contributed by atoms with Gasteiger partial charge in [0.25, 0.3) is 0 Å². The summed E-state index contributed by atoms with van der Waals surface area (Å²) in [6.07, 6.45) is 2.25. The number of unbranched alkanes of at least 4 members (excludes halogenated alkanes) is 1. The highest BCUT2D eigenvalue weighted by molar-refractivity contribution is 5.79. The molecule has 0 saturated heterocycles. The summed E-state index contributed by atoms with van der Waals surface area (Å²) in [5, 5.41) is 0. The van der Waals surface area contributed by atoms with E-state index >= 15 is 0 Å². The number of amides is 1. The van der Waals surface area contributed by atoms with Gasteiger partial charge in [0.1, 0.15) is 0 Å². The van der Waals surface area contributed by atoms with Gasteiger partial charge < -0.3 is 10.6 Å². The quantitative estimate of drug-likeness (QED) is 0.813. The van der Waals surface area contributed by atoms with Gasteiger partial charge in [0.2, 0.25) is 11.9 Å². The number of anilines is 1. The van der Waals surface area contributed by atoms with E-state index in [1.807, 2.05) is 49.1 Å². The molecule has 0 saturated carbocycles. The molecular weight excluding hydrogens is 324 g/mol. The zero-order valence-electron chi connectivity index (χ0n) is 15.7. The van der Waals surface area contributed by atoms with Crippen molar-refractivity contribution in [3.63, 3.8) is 0 Å². The minimum Gasteiger partial charge on any atom is -0.368 e. The first-order valence-electron chi connectivity index (χ1n) is 8.92. The Morgan fingerprint density at radius 3 is 2.42 bits per heavy atom. The van der Waals surface area contributed by atoms with Gasteiger partial charge in [-0.05, 0) is 32.4 Å². The number of nitrogen functional groups attached to an aromatic ring is 1. The van der Waals surface area contributed by atoms with Crippen molar-refractivity contribution in [1.29, 1.82) is 0 Å². The van der Waals surface area contributed by atoms with E-state index in [0.29, 0.717) is 13.1 Å². The van der Waals surface area contributed by atoms with E-state index in [0.717, 1.165) is 35.4 Å². The molecule has 0 bridgehead atoms. The van der Waals surface area contributed by atoms with Crippen molar-refractivity contribution < 1.29 is 4.79 Å². The molecule has 1 aromatic heterocycles. The third-order valence-corrected chi connectivity index (χ3v) is 4.18. The van der Waals surface area contributed by atoms with Crippen molar-refractivity contribution in [2.75, 3.05) is 18.8 Å². The predicted octanol–water partition coefficient (Wildman–Crippen LogP) is 2.90. The minimum absolute atomic E-state index is 0.0420. The zero-order chi connectivity index (χ0) is 18.9. The number of nitrogens with zero attached hydrogens (tertiary/aromatic N) is 3. The summed E-state index contributed by atoms with van der Waals surface area (Å²) in [5.74, 6) is 6.52. The number of carbonyl (C=O) groups excluding carboxylic acids is 1. The van der Waals surface area contributed by atoms with E-state index in [1.54, 1.807) is 0 Å². The van der Waals surface area contributed by atoms with Gasteiger partial charge in [0.05, 0.1) is 13.0 Å². The maximum atomic E-state index is 12.8. The van der Waals surface area contributed by atoms with E-state index in [-0.39, 0.29) is 18.3 Å². The van der Waals surface area contributed by atoms with Crippen molar-refractivity contribution in [3.8, 4) is 11.8 Å². The standard InChI is InChI=1S/C21H26N4O/c1-4-5-13-25(14-9-12-18-10-7-6-8-11-18)20(26)15-19-16(2)23-21(22)24-17(19)3/h6-8,10-11H,4-5,13-15H2,1-3H3,(H2,22,23,24). The summed E-state index contributed by atoms with van der Waals surface area (Å²) in [4.78, 5) is 23.0. The zero-order valence-corrected chi connectivity index (χ0v) is 15.7. The Hall–Kier alpha value is -2.87. The largest absolute Gasteiger partial charge is 0.368 e. The number of benzene rings is 1. The maximum Gasteiger partial charge on any atom is 0.227 e. The van der Waals surface area contributed by atoms with Gasteiger partial charge in [-0.3, -0.25) is 4.79 Å². The Bertz CT molecular complexity index is 783. The van der Waals surface area contributed by atoms with Crippen molar-refractivity contribution >= 4 is 11.9 Å². The van der Waals surface area contributed by atoms with E-state index in [9.17, 15) is 4.79 Å². The fraction of sp³-hybridized carbons (Fsp3) is 0.381. The Morgan fingerprint density at radius 2 is 1.81 bits per heavy atom. The molecule has 0 radical (unpaired) electrons. The highest BCUT2D eigenvalue weighted by Crippen LogP contribution is 2.13. The monoisotopic (exact) mass is 350 g/mol. The number of aryl methyl sites for hydroxylation is 2. The third-order valence-electron chi connectivity index (χ3n) is 4.18. The summed E-state index contributed by atoms with van der Waals surface area (Å²) in [7, 11) is 0. The molecule has 5 nitrogen and oxygen atoms in total. The van der Waals surface area contributed by atoms with Crippen LogP contribution in [0.1, 0.15) is 42.3 Å². The minimum atomic E-state index is 0.0420. The lowest BCUT2D eigenvalue weighted by molar-refractivity contribution is -0.129. The molecule has 1 heterocycles. The van der Waals surface area contributed by atoms with Crippen LogP contribution in [-0.4, -0.2) is 33.9 Å². The molecule has 1 aromatic carbocycles. The van der Waals surface area contributed by atoms with Crippen molar-refractivity contribution in [2.24, 2.45) is 0 Å². The van der Waals surface area contributed by atoms with Crippen LogP contribution < -0.4 is 5.73 Å². The van der Waals surface area contributed by atoms with Gasteiger partial charge >= 0.3 is 0 Å².